The van der Waals surface area contributed by atoms with Crippen molar-refractivity contribution in [1.29, 1.82) is 0 Å². The number of aliphatic hydroxyl groups excluding tert-OH is 1. The van der Waals surface area contributed by atoms with Crippen molar-refractivity contribution in [3.8, 4) is 11.5 Å². The van der Waals surface area contributed by atoms with Crippen LogP contribution in [-0.4, -0.2) is 18.3 Å². The van der Waals surface area contributed by atoms with Crippen molar-refractivity contribution in [3.05, 3.63) is 35.9 Å². The first-order chi connectivity index (χ1) is 8.31. The molecule has 1 aromatic rings. The highest BCUT2D eigenvalue weighted by Crippen LogP contribution is 2.25. The van der Waals surface area contributed by atoms with Crippen LogP contribution in [-0.2, 0) is 6.61 Å². The Morgan fingerprint density at radius 2 is 2.12 bits per heavy atom. The molecule has 0 aromatic heterocycles. The summed E-state index contributed by atoms with van der Waals surface area (Å²) < 4.78 is 11.1. The second-order valence-corrected chi connectivity index (χ2v) is 3.66. The molecular formula is C14H20O3. The summed E-state index contributed by atoms with van der Waals surface area (Å²) in [7, 11) is 0. The molecule has 0 saturated carbocycles. The zero-order valence-corrected chi connectivity index (χ0v) is 10.5. The molecular weight excluding hydrogens is 216 g/mol. The van der Waals surface area contributed by atoms with Gasteiger partial charge in [-0.2, -0.15) is 0 Å². The van der Waals surface area contributed by atoms with Gasteiger partial charge in [-0.3, -0.25) is 0 Å². The lowest BCUT2D eigenvalue weighted by atomic mass is 10.2. The largest absolute Gasteiger partial charge is 0.493 e. The van der Waals surface area contributed by atoms with Gasteiger partial charge in [0.2, 0.25) is 0 Å². The summed E-state index contributed by atoms with van der Waals surface area (Å²) in [5.41, 5.74) is 0.776. The maximum absolute atomic E-state index is 9.20. The molecule has 1 N–H and O–H groups in total. The fraction of sp³-hybridized carbons (Fsp3) is 0.429. The molecule has 0 fully saturated rings. The summed E-state index contributed by atoms with van der Waals surface area (Å²) in [6.45, 7) is 5.16. The van der Waals surface area contributed by atoms with Crippen molar-refractivity contribution in [2.75, 3.05) is 13.2 Å². The predicted molar refractivity (Wildman–Crippen MR) is 68.5 cm³/mol. The Labute approximate surface area is 103 Å². The van der Waals surface area contributed by atoms with Crippen molar-refractivity contribution in [2.24, 2.45) is 0 Å². The second kappa shape index (κ2) is 7.74. The number of ether oxygens (including phenoxy) is 2. The molecule has 0 bridgehead atoms. The fourth-order valence-electron chi connectivity index (χ4n) is 1.34. The van der Waals surface area contributed by atoms with Gasteiger partial charge in [0, 0.05) is 11.6 Å². The molecule has 17 heavy (non-hydrogen) atoms. The molecule has 0 radical (unpaired) electrons. The van der Waals surface area contributed by atoms with E-state index in [4.69, 9.17) is 9.47 Å². The Morgan fingerprint density at radius 1 is 1.29 bits per heavy atom. The van der Waals surface area contributed by atoms with Gasteiger partial charge in [0.05, 0.1) is 13.2 Å². The molecule has 0 aliphatic carbocycles. The van der Waals surface area contributed by atoms with E-state index >= 15 is 0 Å². The topological polar surface area (TPSA) is 38.7 Å². The molecule has 0 aliphatic rings. The lowest BCUT2D eigenvalue weighted by Gasteiger charge is -2.11. The van der Waals surface area contributed by atoms with Crippen LogP contribution in [0.2, 0.25) is 0 Å². The van der Waals surface area contributed by atoms with Crippen molar-refractivity contribution in [3.63, 3.8) is 0 Å². The molecule has 0 unspecified atom stereocenters. The molecule has 94 valence electrons. The Bertz CT molecular complexity index is 358. The van der Waals surface area contributed by atoms with Gasteiger partial charge in [0.25, 0.3) is 0 Å². The number of hydrogen-bond donors (Lipinski definition) is 1. The monoisotopic (exact) mass is 236 g/mol. The summed E-state index contributed by atoms with van der Waals surface area (Å²) >= 11 is 0. The highest BCUT2D eigenvalue weighted by molar-refractivity contribution is 5.40. The molecule has 0 amide bonds. The van der Waals surface area contributed by atoms with E-state index in [2.05, 4.69) is 6.92 Å². The Balaban J connectivity index is 2.74. The van der Waals surface area contributed by atoms with Gasteiger partial charge in [0.15, 0.2) is 0 Å². The minimum absolute atomic E-state index is 0.0285. The predicted octanol–water partition coefficient (Wildman–Crippen LogP) is 2.92. The van der Waals surface area contributed by atoms with Crippen molar-refractivity contribution >= 4 is 0 Å². The molecule has 0 heterocycles. The smallest absolute Gasteiger partial charge is 0.128 e. The van der Waals surface area contributed by atoms with Gasteiger partial charge in [-0.1, -0.05) is 19.1 Å². The summed E-state index contributed by atoms with van der Waals surface area (Å²) in [6.07, 6.45) is 4.81. The highest BCUT2D eigenvalue weighted by Gasteiger charge is 2.04. The minimum Gasteiger partial charge on any atom is -0.493 e. The fourth-order valence-corrected chi connectivity index (χ4v) is 1.34. The van der Waals surface area contributed by atoms with Crippen LogP contribution in [0.25, 0.3) is 0 Å². The lowest BCUT2D eigenvalue weighted by molar-refractivity contribution is 0.268. The SMILES string of the molecule is C/C=C/COc1cc(OCCC)ccc1CO. The van der Waals surface area contributed by atoms with Crippen molar-refractivity contribution in [1.82, 2.24) is 0 Å². The summed E-state index contributed by atoms with van der Waals surface area (Å²) in [5, 5.41) is 9.20. The van der Waals surface area contributed by atoms with Crippen molar-refractivity contribution < 1.29 is 14.6 Å². The molecule has 0 atom stereocenters. The average molecular weight is 236 g/mol. The first-order valence-corrected chi connectivity index (χ1v) is 5.92. The maximum Gasteiger partial charge on any atom is 0.128 e. The van der Waals surface area contributed by atoms with Gasteiger partial charge in [-0.15, -0.1) is 0 Å². The molecule has 0 saturated heterocycles. The van der Waals surface area contributed by atoms with Gasteiger partial charge < -0.3 is 14.6 Å². The molecule has 3 nitrogen and oxygen atoms in total. The third-order valence-corrected chi connectivity index (χ3v) is 2.25. The molecule has 0 spiro atoms. The quantitative estimate of drug-likeness (QED) is 0.740. The van der Waals surface area contributed by atoms with E-state index in [9.17, 15) is 5.11 Å². The average Bonchev–Trinajstić information content (AvgIpc) is 2.37. The third kappa shape index (κ3) is 4.49. The number of allylic oxidation sites excluding steroid dienone is 1. The van der Waals surface area contributed by atoms with Gasteiger partial charge in [-0.05, 0) is 25.5 Å². The van der Waals surface area contributed by atoms with Crippen LogP contribution in [0.5, 0.6) is 11.5 Å². The zero-order valence-electron chi connectivity index (χ0n) is 10.5. The standard InChI is InChI=1S/C14H20O3/c1-3-5-9-17-14-10-13(16-8-4-2)7-6-12(14)11-15/h3,5-7,10,15H,4,8-9,11H2,1-2H3/b5-3+. The van der Waals surface area contributed by atoms with E-state index in [1.807, 2.05) is 37.3 Å². The minimum atomic E-state index is -0.0285. The van der Waals surface area contributed by atoms with Crippen LogP contribution < -0.4 is 9.47 Å². The molecule has 1 rings (SSSR count). The van der Waals surface area contributed by atoms with E-state index in [1.165, 1.54) is 0 Å². The zero-order chi connectivity index (χ0) is 12.5. The van der Waals surface area contributed by atoms with Gasteiger partial charge in [-0.25, -0.2) is 0 Å². The van der Waals surface area contributed by atoms with E-state index in [1.54, 1.807) is 0 Å². The molecule has 3 heteroatoms. The van der Waals surface area contributed by atoms with Crippen LogP contribution in [0.15, 0.2) is 30.4 Å². The number of benzene rings is 1. The van der Waals surface area contributed by atoms with Gasteiger partial charge in [0.1, 0.15) is 18.1 Å². The van der Waals surface area contributed by atoms with E-state index in [0.29, 0.717) is 19.0 Å². The molecule has 1 aromatic carbocycles. The van der Waals surface area contributed by atoms with E-state index in [0.717, 1.165) is 17.7 Å². The molecule has 0 aliphatic heterocycles. The second-order valence-electron chi connectivity index (χ2n) is 3.66. The van der Waals surface area contributed by atoms with Crippen molar-refractivity contribution in [2.45, 2.75) is 26.9 Å². The van der Waals surface area contributed by atoms with Crippen LogP contribution >= 0.6 is 0 Å². The third-order valence-electron chi connectivity index (χ3n) is 2.25. The Morgan fingerprint density at radius 3 is 2.76 bits per heavy atom. The summed E-state index contributed by atoms with van der Waals surface area (Å²) in [6, 6.07) is 5.50. The normalized spacial score (nSPS) is 10.8. The summed E-state index contributed by atoms with van der Waals surface area (Å²) in [4.78, 5) is 0. The first kappa shape index (κ1) is 13.6. The van der Waals surface area contributed by atoms with Crippen LogP contribution in [0.3, 0.4) is 0 Å². The number of aliphatic hydroxyl groups is 1. The van der Waals surface area contributed by atoms with Gasteiger partial charge >= 0.3 is 0 Å². The van der Waals surface area contributed by atoms with E-state index < -0.39 is 0 Å². The Hall–Kier alpha value is -1.48. The lowest BCUT2D eigenvalue weighted by Crippen LogP contribution is -2.00. The maximum atomic E-state index is 9.20. The van der Waals surface area contributed by atoms with E-state index in [-0.39, 0.29) is 6.61 Å². The number of hydrogen-bond acceptors (Lipinski definition) is 3. The van der Waals surface area contributed by atoms with Crippen LogP contribution in [0.4, 0.5) is 0 Å². The first-order valence-electron chi connectivity index (χ1n) is 5.92. The Kier molecular flexibility index (Phi) is 6.18. The summed E-state index contributed by atoms with van der Waals surface area (Å²) in [5.74, 6) is 1.46. The van der Waals surface area contributed by atoms with Crippen LogP contribution in [0, 0.1) is 0 Å². The highest BCUT2D eigenvalue weighted by atomic mass is 16.5. The number of rotatable bonds is 7. The van der Waals surface area contributed by atoms with Crippen LogP contribution in [0.1, 0.15) is 25.8 Å².